The fourth-order valence-electron chi connectivity index (χ4n) is 2.58. The van der Waals surface area contributed by atoms with E-state index in [1.165, 1.54) is 9.87 Å². The Kier molecular flexibility index (Phi) is 8.66. The molecule has 2 aromatic carbocycles. The lowest BCUT2D eigenvalue weighted by atomic mass is 10.2. The number of carbonyl (C=O) groups excluding carboxylic acids is 1. The van der Waals surface area contributed by atoms with Crippen LogP contribution in [-0.2, 0) is 15.8 Å². The molecule has 0 atom stereocenters. The third-order valence-electron chi connectivity index (χ3n) is 4.12. The highest BCUT2D eigenvalue weighted by Gasteiger charge is 2.18. The summed E-state index contributed by atoms with van der Waals surface area (Å²) in [4.78, 5) is 12.3. The summed E-state index contributed by atoms with van der Waals surface area (Å²) in [5, 5.41) is 3.61. The molecular weight excluding hydrogens is 416 g/mol. The summed E-state index contributed by atoms with van der Waals surface area (Å²) >= 11 is 7.60. The Bertz CT molecular complexity index is 869. The fraction of sp³-hybridized carbons (Fsp3) is 0.350. The van der Waals surface area contributed by atoms with Crippen molar-refractivity contribution in [1.29, 1.82) is 0 Å². The number of carbonyl (C=O) groups is 1. The monoisotopic (exact) mass is 440 g/mol. The molecule has 1 N–H and O–H groups in total. The van der Waals surface area contributed by atoms with Crippen LogP contribution in [0.25, 0.3) is 0 Å². The van der Waals surface area contributed by atoms with E-state index in [9.17, 15) is 13.2 Å². The molecule has 8 heteroatoms. The first-order valence-corrected chi connectivity index (χ1v) is 12.2. The molecule has 0 aromatic heterocycles. The van der Waals surface area contributed by atoms with E-state index in [4.69, 9.17) is 11.6 Å². The Morgan fingerprint density at radius 1 is 1.07 bits per heavy atom. The summed E-state index contributed by atoms with van der Waals surface area (Å²) < 4.78 is 25.6. The standard InChI is InChI=1S/C20H25ClN2O3S2/c1-3-23(28(25,26)4-2)19-11-7-17(8-12-19)20(24)22-13-14-27-15-16-5-9-18(21)10-6-16/h5-12H,3-4,13-15H2,1-2H3,(H,22,24). The molecule has 2 aromatic rings. The summed E-state index contributed by atoms with van der Waals surface area (Å²) in [6, 6.07) is 14.4. The number of anilines is 1. The minimum atomic E-state index is -3.32. The number of hydrogen-bond acceptors (Lipinski definition) is 4. The number of hydrogen-bond donors (Lipinski definition) is 1. The first-order chi connectivity index (χ1) is 13.4. The first kappa shape index (κ1) is 22.6. The van der Waals surface area contributed by atoms with Gasteiger partial charge < -0.3 is 5.32 Å². The second-order valence-electron chi connectivity index (χ2n) is 6.05. The van der Waals surface area contributed by atoms with E-state index in [-0.39, 0.29) is 11.7 Å². The Morgan fingerprint density at radius 3 is 2.29 bits per heavy atom. The number of sulfonamides is 1. The molecular formula is C20H25ClN2O3S2. The van der Waals surface area contributed by atoms with Gasteiger partial charge >= 0.3 is 0 Å². The number of amides is 1. The van der Waals surface area contributed by atoms with Gasteiger partial charge in [0.2, 0.25) is 10.0 Å². The highest BCUT2D eigenvalue weighted by Crippen LogP contribution is 2.19. The normalized spacial score (nSPS) is 11.2. The van der Waals surface area contributed by atoms with Gasteiger partial charge in [-0.05, 0) is 55.8 Å². The van der Waals surface area contributed by atoms with Crippen LogP contribution in [0, 0.1) is 0 Å². The average Bonchev–Trinajstić information content (AvgIpc) is 2.70. The molecule has 28 heavy (non-hydrogen) atoms. The van der Waals surface area contributed by atoms with Gasteiger partial charge in [0.1, 0.15) is 0 Å². The van der Waals surface area contributed by atoms with Crippen LogP contribution in [0.4, 0.5) is 5.69 Å². The molecule has 0 fully saturated rings. The summed E-state index contributed by atoms with van der Waals surface area (Å²) in [7, 11) is -3.32. The number of halogens is 1. The topological polar surface area (TPSA) is 66.5 Å². The minimum absolute atomic E-state index is 0.0385. The van der Waals surface area contributed by atoms with Crippen LogP contribution in [0.2, 0.25) is 5.02 Å². The average molecular weight is 441 g/mol. The van der Waals surface area contributed by atoms with Crippen molar-refractivity contribution in [3.05, 3.63) is 64.7 Å². The second kappa shape index (κ2) is 10.7. The molecule has 2 rings (SSSR count). The van der Waals surface area contributed by atoms with Crippen molar-refractivity contribution in [3.63, 3.8) is 0 Å². The van der Waals surface area contributed by atoms with Gasteiger partial charge in [0.25, 0.3) is 5.91 Å². The van der Waals surface area contributed by atoms with Crippen LogP contribution in [-0.4, -0.2) is 38.9 Å². The van der Waals surface area contributed by atoms with Gasteiger partial charge in [-0.15, -0.1) is 0 Å². The van der Waals surface area contributed by atoms with Crippen molar-refractivity contribution in [1.82, 2.24) is 5.32 Å². The first-order valence-electron chi connectivity index (χ1n) is 9.08. The summed E-state index contributed by atoms with van der Waals surface area (Å²) in [5.74, 6) is 1.53. The van der Waals surface area contributed by atoms with Crippen molar-refractivity contribution in [2.24, 2.45) is 0 Å². The number of rotatable bonds is 10. The Labute approximate surface area is 176 Å². The highest BCUT2D eigenvalue weighted by molar-refractivity contribution is 7.98. The molecule has 0 aliphatic carbocycles. The van der Waals surface area contributed by atoms with Gasteiger partial charge in [0.15, 0.2) is 0 Å². The van der Waals surface area contributed by atoms with E-state index < -0.39 is 10.0 Å². The Hall–Kier alpha value is -1.70. The fourth-order valence-corrected chi connectivity index (χ4v) is 4.68. The van der Waals surface area contributed by atoms with Gasteiger partial charge in [-0.1, -0.05) is 23.7 Å². The molecule has 1 amide bonds. The number of nitrogens with one attached hydrogen (secondary N) is 1. The van der Waals surface area contributed by atoms with Gasteiger partial charge in [0, 0.05) is 35.2 Å². The van der Waals surface area contributed by atoms with E-state index in [1.807, 2.05) is 24.3 Å². The maximum Gasteiger partial charge on any atom is 0.251 e. The lowest BCUT2D eigenvalue weighted by Crippen LogP contribution is -2.32. The van der Waals surface area contributed by atoms with Crippen molar-refractivity contribution in [3.8, 4) is 0 Å². The zero-order chi connectivity index (χ0) is 20.6. The molecule has 152 valence electrons. The largest absolute Gasteiger partial charge is 0.351 e. The molecule has 0 unspecified atom stereocenters. The van der Waals surface area contributed by atoms with E-state index in [2.05, 4.69) is 5.32 Å². The van der Waals surface area contributed by atoms with Crippen molar-refractivity contribution in [2.45, 2.75) is 19.6 Å². The molecule has 0 spiro atoms. The maximum atomic E-state index is 12.3. The van der Waals surface area contributed by atoms with E-state index >= 15 is 0 Å². The minimum Gasteiger partial charge on any atom is -0.351 e. The molecule has 0 heterocycles. The number of benzene rings is 2. The van der Waals surface area contributed by atoms with Crippen LogP contribution in [0.3, 0.4) is 0 Å². The third-order valence-corrected chi connectivity index (χ3v) is 7.27. The third kappa shape index (κ3) is 6.43. The summed E-state index contributed by atoms with van der Waals surface area (Å²) in [6.45, 7) is 4.32. The van der Waals surface area contributed by atoms with Gasteiger partial charge in [0.05, 0.1) is 11.4 Å². The molecule has 0 saturated heterocycles. The molecule has 0 aliphatic heterocycles. The molecule has 0 radical (unpaired) electrons. The van der Waals surface area contributed by atoms with Crippen LogP contribution in [0.15, 0.2) is 48.5 Å². The quantitative estimate of drug-likeness (QED) is 0.563. The maximum absolute atomic E-state index is 12.3. The van der Waals surface area contributed by atoms with Gasteiger partial charge in [-0.25, -0.2) is 8.42 Å². The SMILES string of the molecule is CCN(c1ccc(C(=O)NCCSCc2ccc(Cl)cc2)cc1)S(=O)(=O)CC. The molecule has 0 saturated carbocycles. The predicted molar refractivity (Wildman–Crippen MR) is 119 cm³/mol. The second-order valence-corrected chi connectivity index (χ2v) is 9.77. The van der Waals surface area contributed by atoms with Crippen molar-refractivity contribution < 1.29 is 13.2 Å². The summed E-state index contributed by atoms with van der Waals surface area (Å²) in [6.07, 6.45) is 0. The smallest absolute Gasteiger partial charge is 0.251 e. The zero-order valence-electron chi connectivity index (χ0n) is 16.0. The van der Waals surface area contributed by atoms with E-state index in [0.717, 1.165) is 16.5 Å². The lowest BCUT2D eigenvalue weighted by molar-refractivity contribution is 0.0956. The Morgan fingerprint density at radius 2 is 1.71 bits per heavy atom. The van der Waals surface area contributed by atoms with Crippen molar-refractivity contribution >= 4 is 45.0 Å². The van der Waals surface area contributed by atoms with Crippen molar-refractivity contribution in [2.75, 3.05) is 28.9 Å². The molecule has 5 nitrogen and oxygen atoms in total. The molecule has 0 aliphatic rings. The van der Waals surface area contributed by atoms with Gasteiger partial charge in [-0.2, -0.15) is 11.8 Å². The van der Waals surface area contributed by atoms with Crippen LogP contribution < -0.4 is 9.62 Å². The molecule has 0 bridgehead atoms. The zero-order valence-corrected chi connectivity index (χ0v) is 18.4. The highest BCUT2D eigenvalue weighted by atomic mass is 35.5. The van der Waals surface area contributed by atoms with Crippen LogP contribution in [0.1, 0.15) is 29.8 Å². The number of thioether (sulfide) groups is 1. The van der Waals surface area contributed by atoms with Crippen LogP contribution >= 0.6 is 23.4 Å². The van der Waals surface area contributed by atoms with E-state index in [1.54, 1.807) is 49.9 Å². The van der Waals surface area contributed by atoms with Gasteiger partial charge in [-0.3, -0.25) is 9.10 Å². The number of nitrogens with zero attached hydrogens (tertiary/aromatic N) is 1. The summed E-state index contributed by atoms with van der Waals surface area (Å²) in [5.41, 5.74) is 2.27. The van der Waals surface area contributed by atoms with Crippen LogP contribution in [0.5, 0.6) is 0 Å². The Balaban J connectivity index is 1.81. The van der Waals surface area contributed by atoms with E-state index in [0.29, 0.717) is 24.3 Å². The predicted octanol–water partition coefficient (Wildman–Crippen LogP) is 4.18. The lowest BCUT2D eigenvalue weighted by Gasteiger charge is -2.22.